The molecule has 1 unspecified atom stereocenters. The molecule has 0 bridgehead atoms. The number of furan rings is 1. The molecule has 1 aliphatic rings. The number of para-hydroxylation sites is 1. The number of thioether (sulfide) groups is 1. The Morgan fingerprint density at radius 3 is 3.19 bits per heavy atom. The van der Waals surface area contributed by atoms with E-state index in [1.807, 2.05) is 23.9 Å². The van der Waals surface area contributed by atoms with Crippen molar-refractivity contribution in [1.82, 2.24) is 5.32 Å². The first kappa shape index (κ1) is 10.2. The van der Waals surface area contributed by atoms with Gasteiger partial charge in [0.15, 0.2) is 0 Å². The van der Waals surface area contributed by atoms with Crippen molar-refractivity contribution in [3.63, 3.8) is 0 Å². The van der Waals surface area contributed by atoms with E-state index >= 15 is 0 Å². The molecule has 0 spiro atoms. The van der Waals surface area contributed by atoms with Crippen molar-refractivity contribution < 1.29 is 4.42 Å². The first-order valence-corrected chi connectivity index (χ1v) is 6.88. The zero-order valence-corrected chi connectivity index (χ0v) is 9.93. The summed E-state index contributed by atoms with van der Waals surface area (Å²) in [5.74, 6) is 3.44. The van der Waals surface area contributed by atoms with Crippen LogP contribution >= 0.6 is 11.8 Å². The first-order valence-electron chi connectivity index (χ1n) is 5.73. The Hall–Kier alpha value is -0.930. The topological polar surface area (TPSA) is 25.2 Å². The molecule has 1 aromatic heterocycles. The van der Waals surface area contributed by atoms with E-state index in [2.05, 4.69) is 23.5 Å². The molecule has 0 aliphatic carbocycles. The van der Waals surface area contributed by atoms with Crippen LogP contribution < -0.4 is 5.32 Å². The maximum atomic E-state index is 5.89. The lowest BCUT2D eigenvalue weighted by molar-refractivity contribution is 0.460. The van der Waals surface area contributed by atoms with Crippen molar-refractivity contribution in [2.45, 2.75) is 12.5 Å². The molecular formula is C13H15NOS. The molecule has 84 valence electrons. The summed E-state index contributed by atoms with van der Waals surface area (Å²) in [5.41, 5.74) is 0.994. The van der Waals surface area contributed by atoms with Crippen LogP contribution in [0.4, 0.5) is 0 Å². The lowest BCUT2D eigenvalue weighted by Gasteiger charge is -2.11. The second-order valence-corrected chi connectivity index (χ2v) is 5.27. The van der Waals surface area contributed by atoms with Gasteiger partial charge in [0.25, 0.3) is 0 Å². The molecule has 1 aliphatic heterocycles. The normalized spacial score (nSPS) is 22.1. The largest absolute Gasteiger partial charge is 0.459 e. The van der Waals surface area contributed by atoms with E-state index in [0.29, 0.717) is 6.04 Å². The molecular weight excluding hydrogens is 218 g/mol. The average molecular weight is 233 g/mol. The zero-order valence-electron chi connectivity index (χ0n) is 9.11. The standard InChI is InChI=1S/C13H15NOS/c1-2-5-12-10(4-1)8-13(15-12)11-9-16-7-3-6-14-11/h1-2,4-5,8,11,14H,3,6-7,9H2. The highest BCUT2D eigenvalue weighted by Gasteiger charge is 2.17. The molecule has 0 amide bonds. The summed E-state index contributed by atoms with van der Waals surface area (Å²) in [6, 6.07) is 10.7. The first-order chi connectivity index (χ1) is 7.93. The number of fused-ring (bicyclic) bond motifs is 1. The number of nitrogens with one attached hydrogen (secondary N) is 1. The van der Waals surface area contributed by atoms with Crippen molar-refractivity contribution in [3.8, 4) is 0 Å². The van der Waals surface area contributed by atoms with Crippen molar-refractivity contribution in [2.24, 2.45) is 0 Å². The van der Waals surface area contributed by atoms with E-state index in [9.17, 15) is 0 Å². The number of hydrogen-bond acceptors (Lipinski definition) is 3. The number of hydrogen-bond donors (Lipinski definition) is 1. The molecule has 1 N–H and O–H groups in total. The zero-order chi connectivity index (χ0) is 10.8. The van der Waals surface area contributed by atoms with Gasteiger partial charge in [0, 0.05) is 11.1 Å². The monoisotopic (exact) mass is 233 g/mol. The van der Waals surface area contributed by atoms with Crippen LogP contribution in [-0.2, 0) is 0 Å². The highest BCUT2D eigenvalue weighted by atomic mass is 32.2. The summed E-state index contributed by atoms with van der Waals surface area (Å²) < 4.78 is 5.89. The lowest BCUT2D eigenvalue weighted by atomic mass is 10.2. The van der Waals surface area contributed by atoms with E-state index in [1.54, 1.807) is 0 Å². The van der Waals surface area contributed by atoms with Gasteiger partial charge in [-0.15, -0.1) is 0 Å². The smallest absolute Gasteiger partial charge is 0.134 e. The highest BCUT2D eigenvalue weighted by Crippen LogP contribution is 2.27. The van der Waals surface area contributed by atoms with E-state index in [4.69, 9.17) is 4.42 Å². The quantitative estimate of drug-likeness (QED) is 0.819. The van der Waals surface area contributed by atoms with Gasteiger partial charge >= 0.3 is 0 Å². The Bertz CT molecular complexity index is 438. The average Bonchev–Trinajstić information content (AvgIpc) is 2.56. The fourth-order valence-electron chi connectivity index (χ4n) is 2.07. The SMILES string of the molecule is c1ccc2oc(C3CSCCCN3)cc2c1. The fourth-order valence-corrected chi connectivity index (χ4v) is 3.10. The molecule has 3 heteroatoms. The van der Waals surface area contributed by atoms with Crippen LogP contribution in [0.1, 0.15) is 18.2 Å². The Labute approximate surface area is 99.4 Å². The van der Waals surface area contributed by atoms with Crippen molar-refractivity contribution in [3.05, 3.63) is 36.1 Å². The van der Waals surface area contributed by atoms with Gasteiger partial charge in [-0.2, -0.15) is 11.8 Å². The van der Waals surface area contributed by atoms with Crippen molar-refractivity contribution in [2.75, 3.05) is 18.1 Å². The maximum absolute atomic E-state index is 5.89. The van der Waals surface area contributed by atoms with Gasteiger partial charge in [0.05, 0.1) is 6.04 Å². The molecule has 2 nitrogen and oxygen atoms in total. The molecule has 3 rings (SSSR count). The Balaban J connectivity index is 1.92. The minimum atomic E-state index is 0.375. The third kappa shape index (κ3) is 1.97. The summed E-state index contributed by atoms with van der Waals surface area (Å²) >= 11 is 2.01. The summed E-state index contributed by atoms with van der Waals surface area (Å²) in [6.07, 6.45) is 1.25. The Morgan fingerprint density at radius 2 is 2.25 bits per heavy atom. The third-order valence-electron chi connectivity index (χ3n) is 2.93. The van der Waals surface area contributed by atoms with E-state index in [-0.39, 0.29) is 0 Å². The fraction of sp³-hybridized carbons (Fsp3) is 0.385. The van der Waals surface area contributed by atoms with Gasteiger partial charge in [-0.1, -0.05) is 18.2 Å². The van der Waals surface area contributed by atoms with Crippen LogP contribution in [0.5, 0.6) is 0 Å². The van der Waals surface area contributed by atoms with Crippen LogP contribution in [-0.4, -0.2) is 18.1 Å². The number of benzene rings is 1. The molecule has 1 saturated heterocycles. The van der Waals surface area contributed by atoms with Gasteiger partial charge in [-0.05, 0) is 30.9 Å². The van der Waals surface area contributed by atoms with Gasteiger partial charge < -0.3 is 9.73 Å². The van der Waals surface area contributed by atoms with Crippen LogP contribution in [0.25, 0.3) is 11.0 Å². The van der Waals surface area contributed by atoms with Gasteiger partial charge in [-0.25, -0.2) is 0 Å². The molecule has 1 fully saturated rings. The molecule has 16 heavy (non-hydrogen) atoms. The van der Waals surface area contributed by atoms with Gasteiger partial charge in [0.1, 0.15) is 11.3 Å². The second-order valence-electron chi connectivity index (χ2n) is 4.12. The minimum Gasteiger partial charge on any atom is -0.459 e. The third-order valence-corrected chi connectivity index (χ3v) is 4.08. The van der Waals surface area contributed by atoms with E-state index < -0.39 is 0 Å². The van der Waals surface area contributed by atoms with Crippen LogP contribution in [0, 0.1) is 0 Å². The highest BCUT2D eigenvalue weighted by molar-refractivity contribution is 7.99. The maximum Gasteiger partial charge on any atom is 0.134 e. The van der Waals surface area contributed by atoms with E-state index in [1.165, 1.54) is 17.6 Å². The molecule has 2 aromatic rings. The molecule has 2 heterocycles. The lowest BCUT2D eigenvalue weighted by Crippen LogP contribution is -2.21. The van der Waals surface area contributed by atoms with Crippen molar-refractivity contribution in [1.29, 1.82) is 0 Å². The Morgan fingerprint density at radius 1 is 1.31 bits per heavy atom. The predicted molar refractivity (Wildman–Crippen MR) is 68.9 cm³/mol. The molecule has 0 saturated carbocycles. The number of rotatable bonds is 1. The van der Waals surface area contributed by atoms with Gasteiger partial charge in [-0.3, -0.25) is 0 Å². The second kappa shape index (κ2) is 4.52. The predicted octanol–water partition coefficient (Wildman–Crippen LogP) is 3.20. The minimum absolute atomic E-state index is 0.375. The van der Waals surface area contributed by atoms with E-state index in [0.717, 1.165) is 23.6 Å². The Kier molecular flexibility index (Phi) is 2.89. The molecule has 1 atom stereocenters. The van der Waals surface area contributed by atoms with Crippen LogP contribution in [0.15, 0.2) is 34.7 Å². The summed E-state index contributed by atoms with van der Waals surface area (Å²) in [7, 11) is 0. The van der Waals surface area contributed by atoms with Crippen LogP contribution in [0.3, 0.4) is 0 Å². The summed E-state index contributed by atoms with van der Waals surface area (Å²) in [4.78, 5) is 0. The molecule has 1 aromatic carbocycles. The van der Waals surface area contributed by atoms with Crippen LogP contribution in [0.2, 0.25) is 0 Å². The van der Waals surface area contributed by atoms with Crippen molar-refractivity contribution >= 4 is 22.7 Å². The summed E-state index contributed by atoms with van der Waals surface area (Å²) in [5, 5.41) is 4.75. The summed E-state index contributed by atoms with van der Waals surface area (Å²) in [6.45, 7) is 1.09. The molecule has 0 radical (unpaired) electrons. The van der Waals surface area contributed by atoms with Gasteiger partial charge in [0.2, 0.25) is 0 Å².